The Hall–Kier alpha value is -1.49. The molecule has 19 heavy (non-hydrogen) atoms. The highest BCUT2D eigenvalue weighted by Crippen LogP contribution is 2.15. The number of aliphatic hydroxyl groups excluding tert-OH is 1. The van der Waals surface area contributed by atoms with E-state index in [2.05, 4.69) is 10.6 Å². The van der Waals surface area contributed by atoms with Gasteiger partial charge in [-0.1, -0.05) is 13.8 Å². The summed E-state index contributed by atoms with van der Waals surface area (Å²) in [5.41, 5.74) is 0. The van der Waals surface area contributed by atoms with E-state index in [1.54, 1.807) is 0 Å². The van der Waals surface area contributed by atoms with Crippen LogP contribution in [0.3, 0.4) is 0 Å². The van der Waals surface area contributed by atoms with Crippen LogP contribution >= 0.6 is 0 Å². The summed E-state index contributed by atoms with van der Waals surface area (Å²) in [7, 11) is 0. The fourth-order valence-corrected chi connectivity index (χ4v) is 1.88. The molecule has 0 radical (unpaired) electrons. The number of hydrogen-bond donors (Lipinski definition) is 3. The lowest BCUT2D eigenvalue weighted by Crippen LogP contribution is -2.45. The second-order valence-electron chi connectivity index (χ2n) is 5.15. The maximum absolute atomic E-state index is 11.9. The molecule has 108 valence electrons. The average Bonchev–Trinajstić information content (AvgIpc) is 2.75. The summed E-state index contributed by atoms with van der Waals surface area (Å²) in [4.78, 5) is 11.9. The molecule has 0 spiro atoms. The summed E-state index contributed by atoms with van der Waals surface area (Å²) in [5, 5.41) is 14.7. The number of rotatable bonds is 6. The van der Waals surface area contributed by atoms with Gasteiger partial charge in [-0.3, -0.25) is 0 Å². The molecule has 0 saturated carbocycles. The maximum Gasteiger partial charge on any atom is 0.315 e. The molecule has 1 aromatic rings. The van der Waals surface area contributed by atoms with Gasteiger partial charge in [0, 0.05) is 12.6 Å². The molecule has 1 heterocycles. The van der Waals surface area contributed by atoms with Crippen molar-refractivity contribution in [2.75, 3.05) is 6.61 Å². The van der Waals surface area contributed by atoms with Gasteiger partial charge in [-0.2, -0.15) is 0 Å². The molecule has 0 aliphatic carbocycles. The van der Waals surface area contributed by atoms with Crippen LogP contribution in [0.1, 0.15) is 44.8 Å². The fourth-order valence-electron chi connectivity index (χ4n) is 1.88. The van der Waals surface area contributed by atoms with Crippen molar-refractivity contribution in [3.8, 4) is 0 Å². The SMILES string of the molecule is Cc1ccc(C(C)NC(=O)NC(CCO)C(C)C)o1. The summed E-state index contributed by atoms with van der Waals surface area (Å²) in [5.74, 6) is 1.83. The monoisotopic (exact) mass is 268 g/mol. The topological polar surface area (TPSA) is 74.5 Å². The Morgan fingerprint density at radius 2 is 2.00 bits per heavy atom. The largest absolute Gasteiger partial charge is 0.464 e. The second-order valence-corrected chi connectivity index (χ2v) is 5.15. The van der Waals surface area contributed by atoms with Gasteiger partial charge >= 0.3 is 6.03 Å². The summed E-state index contributed by atoms with van der Waals surface area (Å²) in [6.45, 7) is 7.83. The highest BCUT2D eigenvalue weighted by atomic mass is 16.3. The van der Waals surface area contributed by atoms with E-state index in [1.165, 1.54) is 0 Å². The number of nitrogens with one attached hydrogen (secondary N) is 2. The van der Waals surface area contributed by atoms with Gasteiger partial charge < -0.3 is 20.2 Å². The van der Waals surface area contributed by atoms with Crippen LogP contribution in [-0.4, -0.2) is 23.8 Å². The Bertz CT molecular complexity index is 401. The zero-order valence-electron chi connectivity index (χ0n) is 12.1. The third-order valence-corrected chi connectivity index (χ3v) is 3.10. The van der Waals surface area contributed by atoms with Gasteiger partial charge in [0.1, 0.15) is 11.5 Å². The van der Waals surface area contributed by atoms with Crippen LogP contribution in [0, 0.1) is 12.8 Å². The van der Waals surface area contributed by atoms with Crippen molar-refractivity contribution in [1.82, 2.24) is 10.6 Å². The molecule has 0 saturated heterocycles. The number of amides is 2. The van der Waals surface area contributed by atoms with Crippen LogP contribution in [0.25, 0.3) is 0 Å². The quantitative estimate of drug-likeness (QED) is 0.741. The first-order valence-corrected chi connectivity index (χ1v) is 6.68. The number of hydrogen-bond acceptors (Lipinski definition) is 3. The van der Waals surface area contributed by atoms with Crippen LogP contribution in [0.15, 0.2) is 16.5 Å². The van der Waals surface area contributed by atoms with Crippen LogP contribution in [0.4, 0.5) is 4.79 Å². The number of carbonyl (C=O) groups is 1. The number of carbonyl (C=O) groups excluding carboxylic acids is 1. The molecule has 2 atom stereocenters. The Balaban J connectivity index is 2.50. The first kappa shape index (κ1) is 15.6. The molecule has 2 unspecified atom stereocenters. The van der Waals surface area contributed by atoms with E-state index < -0.39 is 0 Å². The Morgan fingerprint density at radius 1 is 1.32 bits per heavy atom. The van der Waals surface area contributed by atoms with Crippen molar-refractivity contribution in [2.45, 2.75) is 46.2 Å². The fraction of sp³-hybridized carbons (Fsp3) is 0.643. The first-order chi connectivity index (χ1) is 8.93. The molecular weight excluding hydrogens is 244 g/mol. The predicted octanol–water partition coefficient (Wildman–Crippen LogP) is 2.36. The summed E-state index contributed by atoms with van der Waals surface area (Å²) >= 11 is 0. The summed E-state index contributed by atoms with van der Waals surface area (Å²) in [6.07, 6.45) is 0.555. The minimum Gasteiger partial charge on any atom is -0.464 e. The van der Waals surface area contributed by atoms with Gasteiger partial charge in [0.25, 0.3) is 0 Å². The number of furan rings is 1. The zero-order chi connectivity index (χ0) is 14.4. The van der Waals surface area contributed by atoms with E-state index in [0.717, 1.165) is 11.5 Å². The highest BCUT2D eigenvalue weighted by Gasteiger charge is 2.18. The molecule has 0 bridgehead atoms. The van der Waals surface area contributed by atoms with E-state index in [4.69, 9.17) is 9.52 Å². The molecule has 1 rings (SSSR count). The molecule has 0 aliphatic heterocycles. The molecule has 5 heteroatoms. The minimum atomic E-state index is -0.242. The average molecular weight is 268 g/mol. The Kier molecular flexibility index (Phi) is 5.89. The van der Waals surface area contributed by atoms with Gasteiger partial charge in [0.15, 0.2) is 0 Å². The van der Waals surface area contributed by atoms with E-state index >= 15 is 0 Å². The lowest BCUT2D eigenvalue weighted by atomic mass is 10.0. The lowest BCUT2D eigenvalue weighted by Gasteiger charge is -2.22. The van der Waals surface area contributed by atoms with Crippen molar-refractivity contribution < 1.29 is 14.3 Å². The molecule has 5 nitrogen and oxygen atoms in total. The van der Waals surface area contributed by atoms with Gasteiger partial charge in [-0.15, -0.1) is 0 Å². The van der Waals surface area contributed by atoms with Gasteiger partial charge in [0.2, 0.25) is 0 Å². The van der Waals surface area contributed by atoms with Crippen LogP contribution in [-0.2, 0) is 0 Å². The van der Waals surface area contributed by atoms with E-state index in [9.17, 15) is 4.79 Å². The minimum absolute atomic E-state index is 0.0319. The van der Waals surface area contributed by atoms with Gasteiger partial charge in [-0.25, -0.2) is 4.79 Å². The van der Waals surface area contributed by atoms with Crippen LogP contribution in [0.5, 0.6) is 0 Å². The molecule has 2 amide bonds. The molecule has 3 N–H and O–H groups in total. The van der Waals surface area contributed by atoms with Crippen molar-refractivity contribution in [1.29, 1.82) is 0 Å². The van der Waals surface area contributed by atoms with Gasteiger partial charge in [0.05, 0.1) is 6.04 Å². The first-order valence-electron chi connectivity index (χ1n) is 6.68. The van der Waals surface area contributed by atoms with E-state index in [1.807, 2.05) is 39.8 Å². The van der Waals surface area contributed by atoms with Crippen molar-refractivity contribution >= 4 is 6.03 Å². The molecule has 0 fully saturated rings. The van der Waals surface area contributed by atoms with Crippen molar-refractivity contribution in [2.24, 2.45) is 5.92 Å². The number of urea groups is 1. The highest BCUT2D eigenvalue weighted by molar-refractivity contribution is 5.74. The smallest absolute Gasteiger partial charge is 0.315 e. The molecule has 0 aliphatic rings. The third-order valence-electron chi connectivity index (χ3n) is 3.10. The van der Waals surface area contributed by atoms with Gasteiger partial charge in [-0.05, 0) is 38.3 Å². The lowest BCUT2D eigenvalue weighted by molar-refractivity contribution is 0.215. The van der Waals surface area contributed by atoms with E-state index in [-0.39, 0.29) is 30.6 Å². The maximum atomic E-state index is 11.9. The zero-order valence-corrected chi connectivity index (χ0v) is 12.1. The Labute approximate surface area is 114 Å². The van der Waals surface area contributed by atoms with Crippen molar-refractivity contribution in [3.05, 3.63) is 23.7 Å². The molecular formula is C14H24N2O3. The van der Waals surface area contributed by atoms with Crippen LogP contribution < -0.4 is 10.6 Å². The molecule has 0 aromatic carbocycles. The van der Waals surface area contributed by atoms with Crippen LogP contribution in [0.2, 0.25) is 0 Å². The predicted molar refractivity (Wildman–Crippen MR) is 73.9 cm³/mol. The molecule has 1 aromatic heterocycles. The summed E-state index contributed by atoms with van der Waals surface area (Å²) in [6, 6.07) is 3.27. The van der Waals surface area contributed by atoms with Crippen molar-refractivity contribution in [3.63, 3.8) is 0 Å². The standard InChI is InChI=1S/C14H24N2O3/c1-9(2)12(7-8-17)16-14(18)15-11(4)13-6-5-10(3)19-13/h5-6,9,11-12,17H,7-8H2,1-4H3,(H2,15,16,18). The van der Waals surface area contributed by atoms with E-state index in [0.29, 0.717) is 6.42 Å². The number of aliphatic hydroxyl groups is 1. The Morgan fingerprint density at radius 3 is 2.47 bits per heavy atom. The summed E-state index contributed by atoms with van der Waals surface area (Å²) < 4.78 is 5.46. The normalized spacial score (nSPS) is 14.2. The second kappa shape index (κ2) is 7.19. The number of aryl methyl sites for hydroxylation is 1. The third kappa shape index (κ3) is 4.95.